The summed E-state index contributed by atoms with van der Waals surface area (Å²) in [5.74, 6) is -18.4. The smallest absolute Gasteiger partial charge is 0.308 e. The maximum Gasteiger partial charge on any atom is 0.308 e. The molecule has 56 heavy (non-hydrogen) atoms. The summed E-state index contributed by atoms with van der Waals surface area (Å²) in [6.45, 7) is 9.14. The van der Waals surface area contributed by atoms with E-state index in [0.717, 1.165) is 27.7 Å². The van der Waals surface area contributed by atoms with Crippen molar-refractivity contribution in [3.05, 3.63) is 39.9 Å². The van der Waals surface area contributed by atoms with Crippen LogP contribution in [-0.4, -0.2) is 124 Å². The molecule has 308 valence electrons. The van der Waals surface area contributed by atoms with Crippen LogP contribution in [0.2, 0.25) is 0 Å². The number of imide groups is 1. The van der Waals surface area contributed by atoms with Crippen molar-refractivity contribution in [2.24, 2.45) is 11.8 Å². The lowest BCUT2D eigenvalue weighted by Gasteiger charge is -2.58. The molecular weight excluding hydrogens is 738 g/mol. The van der Waals surface area contributed by atoms with Gasteiger partial charge in [-0.3, -0.25) is 39.0 Å². The van der Waals surface area contributed by atoms with Crippen LogP contribution < -0.4 is 25.6 Å². The van der Waals surface area contributed by atoms with Gasteiger partial charge in [0.1, 0.15) is 11.3 Å². The Morgan fingerprint density at radius 2 is 1.45 bits per heavy atom. The molecule has 0 fully saturated rings. The summed E-state index contributed by atoms with van der Waals surface area (Å²) in [5, 5.41) is 69.5. The number of amides is 3. The third-order valence-corrected chi connectivity index (χ3v) is 9.74. The number of benzene rings is 1. The van der Waals surface area contributed by atoms with Crippen LogP contribution in [0.3, 0.4) is 0 Å². The molecule has 4 rings (SSSR count). The maximum absolute atomic E-state index is 13.6. The second-order valence-electron chi connectivity index (χ2n) is 15.7. The summed E-state index contributed by atoms with van der Waals surface area (Å²) in [7, 11) is 6.20. The Morgan fingerprint density at radius 3 is 1.93 bits per heavy atom. The average molecular weight is 790 g/mol. The lowest BCUT2D eigenvalue weighted by atomic mass is 9.56. The molecule has 0 aliphatic heterocycles. The predicted molar refractivity (Wildman–Crippen MR) is 196 cm³/mol. The number of fused-ring (bicyclic) bond motifs is 3. The topological polar surface area (TPSA) is 274 Å². The van der Waals surface area contributed by atoms with Crippen LogP contribution in [0.5, 0.6) is 5.75 Å². The molecule has 3 aliphatic rings. The highest BCUT2D eigenvalue weighted by molar-refractivity contribution is 6.05. The van der Waals surface area contributed by atoms with Crippen LogP contribution in [0, 0.1) is 11.8 Å². The SMILES string of the molecule is CC(=O)NC(=O)C1=C(OC(C)=O)[C@@H](N(C)C)[C@@H]2C[C@@H]3Cc4c(N(C)C)cc(NC(=O)CNC(C)(C)C)c(OC(C)=O)c4C(O)(O)C3=C(OC(C)=O)[C@]2(O)C1(O)O. The van der Waals surface area contributed by atoms with Crippen molar-refractivity contribution < 1.29 is 68.5 Å². The van der Waals surface area contributed by atoms with Gasteiger partial charge in [-0.15, -0.1) is 0 Å². The first kappa shape index (κ1) is 44.0. The first-order chi connectivity index (χ1) is 25.6. The first-order valence-electron chi connectivity index (χ1n) is 17.7. The van der Waals surface area contributed by atoms with E-state index in [1.807, 2.05) is 26.1 Å². The number of anilines is 2. The number of nitrogens with zero attached hydrogens (tertiary/aromatic N) is 2. The van der Waals surface area contributed by atoms with Crippen LogP contribution in [0.25, 0.3) is 0 Å². The van der Waals surface area contributed by atoms with Gasteiger partial charge in [-0.2, -0.15) is 0 Å². The highest BCUT2D eigenvalue weighted by Crippen LogP contribution is 2.61. The molecule has 8 N–H and O–H groups in total. The van der Waals surface area contributed by atoms with Gasteiger partial charge in [0.05, 0.1) is 23.8 Å². The van der Waals surface area contributed by atoms with E-state index in [1.165, 1.54) is 25.1 Å². The molecule has 19 heteroatoms. The summed E-state index contributed by atoms with van der Waals surface area (Å²) < 4.78 is 16.5. The maximum atomic E-state index is 13.6. The fourth-order valence-electron chi connectivity index (χ4n) is 7.81. The Kier molecular flexibility index (Phi) is 12.0. The molecule has 0 radical (unpaired) electrons. The third-order valence-electron chi connectivity index (χ3n) is 9.74. The number of aliphatic hydroxyl groups is 5. The molecule has 3 amide bonds. The van der Waals surface area contributed by atoms with Crippen LogP contribution in [-0.2, 0) is 50.4 Å². The van der Waals surface area contributed by atoms with Gasteiger partial charge in [0.15, 0.2) is 17.1 Å². The zero-order valence-corrected chi connectivity index (χ0v) is 33.2. The van der Waals surface area contributed by atoms with E-state index in [-0.39, 0.29) is 30.6 Å². The van der Waals surface area contributed by atoms with Crippen molar-refractivity contribution in [3.8, 4) is 5.75 Å². The zero-order chi connectivity index (χ0) is 42.6. The highest BCUT2D eigenvalue weighted by Gasteiger charge is 2.72. The molecule has 0 saturated heterocycles. The normalized spacial score (nSPS) is 23.6. The zero-order valence-electron chi connectivity index (χ0n) is 33.2. The summed E-state index contributed by atoms with van der Waals surface area (Å²) in [6.07, 6.45) is -0.523. The number of carbonyl (C=O) groups is 6. The van der Waals surface area contributed by atoms with E-state index in [9.17, 15) is 54.3 Å². The van der Waals surface area contributed by atoms with E-state index in [0.29, 0.717) is 5.69 Å². The fourth-order valence-corrected chi connectivity index (χ4v) is 7.81. The van der Waals surface area contributed by atoms with E-state index in [2.05, 4.69) is 10.6 Å². The van der Waals surface area contributed by atoms with Crippen LogP contribution >= 0.6 is 0 Å². The molecular formula is C37H51N5O14. The second-order valence-corrected chi connectivity index (χ2v) is 15.7. The summed E-state index contributed by atoms with van der Waals surface area (Å²) in [6, 6.07) is 0.0775. The van der Waals surface area contributed by atoms with Gasteiger partial charge in [-0.05, 0) is 65.3 Å². The minimum atomic E-state index is -3.88. The number of ether oxygens (including phenoxy) is 3. The number of hydrogen-bond acceptors (Lipinski definition) is 17. The summed E-state index contributed by atoms with van der Waals surface area (Å²) in [5.41, 5.74) is -5.87. The third kappa shape index (κ3) is 7.93. The Labute approximate surface area is 323 Å². The average Bonchev–Trinajstić information content (AvgIpc) is 3.00. The summed E-state index contributed by atoms with van der Waals surface area (Å²) >= 11 is 0. The van der Waals surface area contributed by atoms with E-state index >= 15 is 0 Å². The lowest BCUT2D eigenvalue weighted by molar-refractivity contribution is -0.287. The molecule has 0 spiro atoms. The van der Waals surface area contributed by atoms with E-state index in [4.69, 9.17) is 14.2 Å². The van der Waals surface area contributed by atoms with Crippen molar-refractivity contribution in [3.63, 3.8) is 0 Å². The lowest BCUT2D eigenvalue weighted by Crippen LogP contribution is -2.72. The van der Waals surface area contributed by atoms with Gasteiger partial charge in [0.25, 0.3) is 5.91 Å². The molecule has 3 aliphatic carbocycles. The van der Waals surface area contributed by atoms with Gasteiger partial charge >= 0.3 is 17.9 Å². The fraction of sp³-hybridized carbons (Fsp3) is 0.568. The molecule has 0 saturated carbocycles. The van der Waals surface area contributed by atoms with Crippen LogP contribution in [0.15, 0.2) is 28.7 Å². The first-order valence-corrected chi connectivity index (χ1v) is 17.7. The Morgan fingerprint density at radius 1 is 0.875 bits per heavy atom. The largest absolute Gasteiger partial charge is 0.429 e. The molecule has 4 atom stereocenters. The van der Waals surface area contributed by atoms with Gasteiger partial charge in [-0.25, -0.2) is 0 Å². The Hall–Kier alpha value is -4.76. The number of hydrogen-bond donors (Lipinski definition) is 8. The van der Waals surface area contributed by atoms with Crippen molar-refractivity contribution in [1.29, 1.82) is 0 Å². The van der Waals surface area contributed by atoms with Crippen LogP contribution in [0.1, 0.15) is 66.0 Å². The quantitative estimate of drug-likeness (QED) is 0.0846. The molecule has 19 nitrogen and oxygen atoms in total. The molecule has 1 aromatic rings. The van der Waals surface area contributed by atoms with Crippen molar-refractivity contribution in [2.45, 2.75) is 90.1 Å². The minimum Gasteiger partial charge on any atom is -0.429 e. The van der Waals surface area contributed by atoms with Gasteiger partial charge < -0.3 is 55.3 Å². The molecule has 1 aromatic carbocycles. The second kappa shape index (κ2) is 15.3. The van der Waals surface area contributed by atoms with Crippen LogP contribution in [0.4, 0.5) is 11.4 Å². The van der Waals surface area contributed by atoms with E-state index < -0.39 is 110 Å². The molecule has 0 aromatic heterocycles. The number of carbonyl (C=O) groups excluding carboxylic acids is 6. The monoisotopic (exact) mass is 789 g/mol. The standard InChI is InChI=1S/C37H51N5O14/c1-16(43)39-33(48)28-31(55-18(3)45)29(42(10)11)22-13-20-12-21-24(41(8)9)14-23(40-25(47)15-38-34(5,6)7)30(54-17(2)44)27(21)36(50,51)26(20)32(56-19(4)46)35(22,49)37(28,52)53/h14,20,22,29,38,49-53H,12-13,15H2,1-11H3,(H,40,47)(H,39,43,48)/t20-,22-,29-,35-/m0/s1. The van der Waals surface area contributed by atoms with Crippen molar-refractivity contribution in [1.82, 2.24) is 15.5 Å². The highest BCUT2D eigenvalue weighted by atomic mass is 16.6. The van der Waals surface area contributed by atoms with Gasteiger partial charge in [0.2, 0.25) is 23.4 Å². The van der Waals surface area contributed by atoms with Gasteiger partial charge in [-0.1, -0.05) is 0 Å². The molecule has 0 heterocycles. The Bertz CT molecular complexity index is 1930. The summed E-state index contributed by atoms with van der Waals surface area (Å²) in [4.78, 5) is 79.8. The number of likely N-dealkylation sites (N-methyl/N-ethyl adjacent to an activating group) is 1. The molecule has 0 unspecified atom stereocenters. The number of rotatable bonds is 9. The number of nitrogens with one attached hydrogen (secondary N) is 3. The van der Waals surface area contributed by atoms with Crippen molar-refractivity contribution in [2.75, 3.05) is 45.0 Å². The number of esters is 3. The van der Waals surface area contributed by atoms with Crippen molar-refractivity contribution >= 4 is 47.0 Å². The predicted octanol–water partition coefficient (Wildman–Crippen LogP) is -1.01. The minimum absolute atomic E-state index is 0.152. The molecule has 0 bridgehead atoms. The van der Waals surface area contributed by atoms with Gasteiger partial charge in [0, 0.05) is 64.5 Å². The van der Waals surface area contributed by atoms with E-state index in [1.54, 1.807) is 19.0 Å². The Balaban J connectivity index is 2.16.